The van der Waals surface area contributed by atoms with Gasteiger partial charge in [-0.3, -0.25) is 9.36 Å². The van der Waals surface area contributed by atoms with Gasteiger partial charge in [-0.25, -0.2) is 4.79 Å². The number of aromatic nitrogens is 2. The van der Waals surface area contributed by atoms with Gasteiger partial charge in [-0.2, -0.15) is 4.98 Å². The first-order chi connectivity index (χ1) is 13.6. The highest BCUT2D eigenvalue weighted by Crippen LogP contribution is 2.27. The Balaban J connectivity index is 1.61. The molecule has 1 aromatic carbocycles. The number of carbonyl (C=O) groups is 1. The number of hydrogen-bond acceptors (Lipinski definition) is 7. The van der Waals surface area contributed by atoms with E-state index < -0.39 is 24.1 Å². The minimum absolute atomic E-state index is 0.159. The number of ether oxygens (including phenoxy) is 2. The second kappa shape index (κ2) is 9.56. The van der Waals surface area contributed by atoms with E-state index in [1.807, 2.05) is 6.07 Å². The fourth-order valence-electron chi connectivity index (χ4n) is 2.97. The molecule has 0 bridgehead atoms. The summed E-state index contributed by atoms with van der Waals surface area (Å²) in [7, 11) is 1.62. The number of benzene rings is 1. The zero-order chi connectivity index (χ0) is 19.9. The highest BCUT2D eigenvalue weighted by Gasteiger charge is 2.35. The van der Waals surface area contributed by atoms with Gasteiger partial charge in [0.15, 0.2) is 0 Å². The molecule has 0 unspecified atom stereocenters. The molecule has 1 fully saturated rings. The second-order valence-electron chi connectivity index (χ2n) is 6.45. The van der Waals surface area contributed by atoms with E-state index in [1.165, 1.54) is 16.8 Å². The quantitative estimate of drug-likeness (QED) is 0.560. The molecular weight excluding hydrogens is 364 g/mol. The lowest BCUT2D eigenvalue weighted by Gasteiger charge is -2.16. The molecule has 2 heterocycles. The van der Waals surface area contributed by atoms with Crippen LogP contribution in [0, 0.1) is 0 Å². The lowest BCUT2D eigenvalue weighted by Crippen LogP contribution is -2.35. The van der Waals surface area contributed by atoms with Gasteiger partial charge in [-0.05, 0) is 18.2 Å². The van der Waals surface area contributed by atoms with E-state index in [2.05, 4.69) is 15.6 Å². The van der Waals surface area contributed by atoms with Gasteiger partial charge in [0.25, 0.3) is 5.91 Å². The van der Waals surface area contributed by atoms with Crippen molar-refractivity contribution in [3.8, 4) is 0 Å². The van der Waals surface area contributed by atoms with Gasteiger partial charge in [-0.15, -0.1) is 0 Å². The number of aliphatic hydroxyl groups excluding tert-OH is 1. The zero-order valence-corrected chi connectivity index (χ0v) is 15.6. The van der Waals surface area contributed by atoms with Crippen molar-refractivity contribution in [2.45, 2.75) is 24.9 Å². The molecule has 0 radical (unpaired) electrons. The van der Waals surface area contributed by atoms with E-state index in [-0.39, 0.29) is 18.1 Å². The molecule has 9 heteroatoms. The van der Waals surface area contributed by atoms with Crippen molar-refractivity contribution < 1.29 is 19.4 Å². The number of anilines is 1. The van der Waals surface area contributed by atoms with E-state index in [0.717, 1.165) is 0 Å². The number of carbonyl (C=O) groups excluding carboxylic acids is 1. The van der Waals surface area contributed by atoms with Crippen molar-refractivity contribution in [1.82, 2.24) is 14.9 Å². The Morgan fingerprint density at radius 1 is 1.36 bits per heavy atom. The topological polar surface area (TPSA) is 115 Å². The predicted molar refractivity (Wildman–Crippen MR) is 102 cm³/mol. The third-order valence-corrected chi connectivity index (χ3v) is 4.45. The number of nitrogens with zero attached hydrogens (tertiary/aromatic N) is 2. The molecular formula is C19H24N4O5. The summed E-state index contributed by atoms with van der Waals surface area (Å²) in [6.45, 7) is 1.66. The van der Waals surface area contributed by atoms with Crippen LogP contribution < -0.4 is 16.3 Å². The van der Waals surface area contributed by atoms with Gasteiger partial charge in [-0.1, -0.05) is 18.2 Å². The first kappa shape index (κ1) is 20.2. The molecule has 0 spiro atoms. The summed E-state index contributed by atoms with van der Waals surface area (Å²) in [6.07, 6.45) is 0.0702. The fourth-order valence-corrected chi connectivity index (χ4v) is 2.97. The summed E-state index contributed by atoms with van der Waals surface area (Å²) in [5.74, 6) is -0.189. The van der Waals surface area contributed by atoms with E-state index in [4.69, 9.17) is 9.47 Å². The molecule has 28 heavy (non-hydrogen) atoms. The van der Waals surface area contributed by atoms with Crippen LogP contribution in [-0.4, -0.2) is 59.6 Å². The number of rotatable bonds is 8. The molecule has 9 nitrogen and oxygen atoms in total. The van der Waals surface area contributed by atoms with Gasteiger partial charge in [0.1, 0.15) is 12.0 Å². The molecule has 1 amide bonds. The molecule has 0 aliphatic carbocycles. The summed E-state index contributed by atoms with van der Waals surface area (Å²) in [4.78, 5) is 28.4. The van der Waals surface area contributed by atoms with E-state index in [1.54, 1.807) is 31.4 Å². The smallest absolute Gasteiger partial charge is 0.351 e. The maximum atomic E-state index is 12.4. The third-order valence-electron chi connectivity index (χ3n) is 4.45. The van der Waals surface area contributed by atoms with Crippen LogP contribution >= 0.6 is 0 Å². The van der Waals surface area contributed by atoms with E-state index in [0.29, 0.717) is 25.3 Å². The largest absolute Gasteiger partial charge is 0.390 e. The van der Waals surface area contributed by atoms with Crippen LogP contribution in [0.3, 0.4) is 0 Å². The van der Waals surface area contributed by atoms with Gasteiger partial charge in [0.2, 0.25) is 0 Å². The molecule has 2 aromatic rings. The lowest BCUT2D eigenvalue weighted by molar-refractivity contribution is -0.0195. The van der Waals surface area contributed by atoms with Crippen LogP contribution in [-0.2, 0) is 9.47 Å². The van der Waals surface area contributed by atoms with Crippen LogP contribution in [0.25, 0.3) is 0 Å². The maximum Gasteiger partial charge on any atom is 0.351 e. The highest BCUT2D eigenvalue weighted by atomic mass is 16.5. The average Bonchev–Trinajstić information content (AvgIpc) is 3.06. The Bertz CT molecular complexity index is 842. The van der Waals surface area contributed by atoms with Gasteiger partial charge in [0.05, 0.1) is 18.8 Å². The van der Waals surface area contributed by atoms with Crippen molar-refractivity contribution in [2.24, 2.45) is 0 Å². The van der Waals surface area contributed by atoms with Gasteiger partial charge >= 0.3 is 5.69 Å². The second-order valence-corrected chi connectivity index (χ2v) is 6.45. The van der Waals surface area contributed by atoms with Crippen LogP contribution in [0.4, 0.5) is 5.82 Å². The molecule has 3 N–H and O–H groups in total. The van der Waals surface area contributed by atoms with E-state index >= 15 is 0 Å². The molecule has 1 saturated heterocycles. The summed E-state index contributed by atoms with van der Waals surface area (Å²) in [5.41, 5.74) is -0.0874. The van der Waals surface area contributed by atoms with Crippen LogP contribution in [0.5, 0.6) is 0 Å². The molecule has 1 aromatic heterocycles. The number of methoxy groups -OCH3 is 1. The third kappa shape index (κ3) is 5.02. The average molecular weight is 388 g/mol. The maximum absolute atomic E-state index is 12.4. The first-order valence-electron chi connectivity index (χ1n) is 9.07. The van der Waals surface area contributed by atoms with Crippen molar-refractivity contribution in [3.05, 3.63) is 58.6 Å². The predicted octanol–water partition coefficient (Wildman–Crippen LogP) is 0.380. The van der Waals surface area contributed by atoms with Crippen molar-refractivity contribution in [1.29, 1.82) is 0 Å². The summed E-state index contributed by atoms with van der Waals surface area (Å²) >= 11 is 0. The van der Waals surface area contributed by atoms with Gasteiger partial charge in [0, 0.05) is 38.4 Å². The Hall–Kier alpha value is -2.59. The van der Waals surface area contributed by atoms with Crippen molar-refractivity contribution >= 4 is 11.7 Å². The van der Waals surface area contributed by atoms with Crippen molar-refractivity contribution in [2.75, 3.05) is 32.1 Å². The minimum atomic E-state index is -0.690. The number of nitrogens with one attached hydrogen (secondary N) is 2. The molecule has 150 valence electrons. The molecule has 3 atom stereocenters. The molecule has 1 aliphatic rings. The number of hydrogen-bond donors (Lipinski definition) is 3. The lowest BCUT2D eigenvalue weighted by atomic mass is 10.2. The fraction of sp³-hybridized carbons (Fsp3) is 0.421. The zero-order valence-electron chi connectivity index (χ0n) is 15.6. The van der Waals surface area contributed by atoms with Crippen LogP contribution in [0.2, 0.25) is 0 Å². The Morgan fingerprint density at radius 3 is 2.86 bits per heavy atom. The monoisotopic (exact) mass is 388 g/mol. The van der Waals surface area contributed by atoms with Crippen LogP contribution in [0.1, 0.15) is 23.0 Å². The van der Waals surface area contributed by atoms with Gasteiger partial charge < -0.3 is 25.2 Å². The minimum Gasteiger partial charge on any atom is -0.390 e. The summed E-state index contributed by atoms with van der Waals surface area (Å²) in [5, 5.41) is 15.9. The Morgan fingerprint density at radius 2 is 2.14 bits per heavy atom. The SMILES string of the molecule is COCCNC[C@H]1O[C@@H](n2ccc(NC(=O)c3ccccc3)nc2=O)C[C@@H]1O. The van der Waals surface area contributed by atoms with Crippen LogP contribution in [0.15, 0.2) is 47.4 Å². The normalized spacial score (nSPS) is 21.6. The summed E-state index contributed by atoms with van der Waals surface area (Å²) in [6, 6.07) is 10.2. The Kier molecular flexibility index (Phi) is 6.88. The molecule has 0 saturated carbocycles. The number of aliphatic hydroxyl groups is 1. The first-order valence-corrected chi connectivity index (χ1v) is 9.07. The standard InChI is InChI=1S/C19H24N4O5/c1-27-10-8-20-12-15-14(24)11-17(28-15)23-9-7-16(22-19(23)26)21-18(25)13-5-3-2-4-6-13/h2-7,9,14-15,17,20,24H,8,10-12H2,1H3,(H,21,22,25,26)/t14-,15+,17+/m0/s1. The summed E-state index contributed by atoms with van der Waals surface area (Å²) < 4.78 is 12.1. The Labute approximate surface area is 162 Å². The van der Waals surface area contributed by atoms with Crippen molar-refractivity contribution in [3.63, 3.8) is 0 Å². The van der Waals surface area contributed by atoms with E-state index in [9.17, 15) is 14.7 Å². The molecule has 3 rings (SSSR count). The molecule has 1 aliphatic heterocycles. The highest BCUT2D eigenvalue weighted by molar-refractivity contribution is 6.03. The number of amides is 1.